The van der Waals surface area contributed by atoms with E-state index in [1.165, 1.54) is 5.56 Å². The maximum absolute atomic E-state index is 5.97. The standard InChI is InChI=1S/C17H18ClN3O/c1-22-16-8-2-12(3-9-16)17-10-14(11-19)20-21(17)15-6-4-13(18)5-7-15/h2-9,17H,10-11,19H2,1H3. The lowest BCUT2D eigenvalue weighted by molar-refractivity contribution is 0.414. The maximum atomic E-state index is 5.97. The molecule has 0 saturated carbocycles. The molecule has 1 heterocycles. The Labute approximate surface area is 135 Å². The molecule has 5 heteroatoms. The van der Waals surface area contributed by atoms with Crippen molar-refractivity contribution in [3.8, 4) is 5.75 Å². The van der Waals surface area contributed by atoms with Crippen molar-refractivity contribution in [1.29, 1.82) is 0 Å². The molecule has 0 amide bonds. The number of nitrogens with zero attached hydrogens (tertiary/aromatic N) is 2. The zero-order valence-electron chi connectivity index (χ0n) is 12.4. The third-order valence-electron chi connectivity index (χ3n) is 3.80. The summed E-state index contributed by atoms with van der Waals surface area (Å²) in [6, 6.07) is 15.9. The molecule has 1 unspecified atom stereocenters. The summed E-state index contributed by atoms with van der Waals surface area (Å²) in [6.07, 6.45) is 0.825. The van der Waals surface area contributed by atoms with Crippen molar-refractivity contribution in [2.75, 3.05) is 18.7 Å². The van der Waals surface area contributed by atoms with Gasteiger partial charge in [0.25, 0.3) is 0 Å². The number of hydrogen-bond donors (Lipinski definition) is 1. The van der Waals surface area contributed by atoms with E-state index in [2.05, 4.69) is 17.2 Å². The van der Waals surface area contributed by atoms with Gasteiger partial charge in [-0.1, -0.05) is 23.7 Å². The van der Waals surface area contributed by atoms with Gasteiger partial charge in [-0.2, -0.15) is 5.10 Å². The average Bonchev–Trinajstić information content (AvgIpc) is 3.00. The smallest absolute Gasteiger partial charge is 0.118 e. The highest BCUT2D eigenvalue weighted by atomic mass is 35.5. The van der Waals surface area contributed by atoms with Crippen LogP contribution >= 0.6 is 11.6 Å². The molecular weight excluding hydrogens is 298 g/mol. The van der Waals surface area contributed by atoms with Gasteiger partial charge in [-0.3, -0.25) is 5.01 Å². The van der Waals surface area contributed by atoms with E-state index in [0.29, 0.717) is 11.6 Å². The quantitative estimate of drug-likeness (QED) is 0.937. The third kappa shape index (κ3) is 2.93. The molecule has 22 heavy (non-hydrogen) atoms. The molecule has 2 aromatic carbocycles. The lowest BCUT2D eigenvalue weighted by atomic mass is 10.0. The molecule has 0 radical (unpaired) electrons. The number of rotatable bonds is 4. The van der Waals surface area contributed by atoms with Crippen LogP contribution in [-0.2, 0) is 0 Å². The Kier molecular flexibility index (Phi) is 4.32. The normalized spacial score (nSPS) is 17.5. The average molecular weight is 316 g/mol. The van der Waals surface area contributed by atoms with E-state index < -0.39 is 0 Å². The summed E-state index contributed by atoms with van der Waals surface area (Å²) in [5, 5.41) is 7.39. The molecule has 1 aliphatic rings. The van der Waals surface area contributed by atoms with Crippen molar-refractivity contribution in [3.63, 3.8) is 0 Å². The molecule has 1 atom stereocenters. The van der Waals surface area contributed by atoms with Gasteiger partial charge in [-0.05, 0) is 42.0 Å². The maximum Gasteiger partial charge on any atom is 0.118 e. The zero-order valence-corrected chi connectivity index (χ0v) is 13.1. The number of halogens is 1. The summed E-state index contributed by atoms with van der Waals surface area (Å²) < 4.78 is 5.22. The highest BCUT2D eigenvalue weighted by Crippen LogP contribution is 2.35. The van der Waals surface area contributed by atoms with Gasteiger partial charge < -0.3 is 10.5 Å². The molecule has 0 spiro atoms. The summed E-state index contributed by atoms with van der Waals surface area (Å²) >= 11 is 5.97. The fourth-order valence-corrected chi connectivity index (χ4v) is 2.74. The largest absolute Gasteiger partial charge is 0.497 e. The Bertz CT molecular complexity index is 667. The first-order valence-corrected chi connectivity index (χ1v) is 7.54. The van der Waals surface area contributed by atoms with Crippen LogP contribution in [0.5, 0.6) is 5.75 Å². The SMILES string of the molecule is COc1ccc(C2CC(CN)=NN2c2ccc(Cl)cc2)cc1. The number of hydrogen-bond acceptors (Lipinski definition) is 4. The van der Waals surface area contributed by atoms with Gasteiger partial charge in [0.05, 0.1) is 24.6 Å². The van der Waals surface area contributed by atoms with Gasteiger partial charge >= 0.3 is 0 Å². The van der Waals surface area contributed by atoms with E-state index >= 15 is 0 Å². The number of ether oxygens (including phenoxy) is 1. The molecule has 3 rings (SSSR count). The summed E-state index contributed by atoms with van der Waals surface area (Å²) in [5.74, 6) is 0.847. The van der Waals surface area contributed by atoms with E-state index in [1.807, 2.05) is 41.4 Å². The number of nitrogens with two attached hydrogens (primary N) is 1. The van der Waals surface area contributed by atoms with Crippen LogP contribution in [0, 0.1) is 0 Å². The van der Waals surface area contributed by atoms with Crippen LogP contribution < -0.4 is 15.5 Å². The van der Waals surface area contributed by atoms with Crippen molar-refractivity contribution in [2.45, 2.75) is 12.5 Å². The van der Waals surface area contributed by atoms with Crippen molar-refractivity contribution in [1.82, 2.24) is 0 Å². The fourth-order valence-electron chi connectivity index (χ4n) is 2.61. The minimum Gasteiger partial charge on any atom is -0.497 e. The van der Waals surface area contributed by atoms with Gasteiger partial charge in [0.2, 0.25) is 0 Å². The molecule has 0 fully saturated rings. The van der Waals surface area contributed by atoms with Crippen LogP contribution in [0.2, 0.25) is 5.02 Å². The summed E-state index contributed by atoms with van der Waals surface area (Å²) in [7, 11) is 1.67. The highest BCUT2D eigenvalue weighted by Gasteiger charge is 2.28. The fraction of sp³-hybridized carbons (Fsp3) is 0.235. The molecule has 1 aliphatic heterocycles. The molecular formula is C17H18ClN3O. The lowest BCUT2D eigenvalue weighted by Crippen LogP contribution is -2.18. The van der Waals surface area contributed by atoms with E-state index in [-0.39, 0.29) is 6.04 Å². The van der Waals surface area contributed by atoms with E-state index in [1.54, 1.807) is 7.11 Å². The van der Waals surface area contributed by atoms with Crippen LogP contribution in [0.15, 0.2) is 53.6 Å². The van der Waals surface area contributed by atoms with Gasteiger partial charge in [-0.25, -0.2) is 0 Å². The number of anilines is 1. The van der Waals surface area contributed by atoms with Crippen molar-refractivity contribution < 1.29 is 4.74 Å². The second-order valence-electron chi connectivity index (χ2n) is 5.18. The monoisotopic (exact) mass is 315 g/mol. The van der Waals surface area contributed by atoms with Gasteiger partial charge in [-0.15, -0.1) is 0 Å². The summed E-state index contributed by atoms with van der Waals surface area (Å²) in [4.78, 5) is 0. The van der Waals surface area contributed by atoms with Crippen molar-refractivity contribution in [3.05, 3.63) is 59.1 Å². The lowest BCUT2D eigenvalue weighted by Gasteiger charge is -2.24. The predicted octanol–water partition coefficient (Wildman–Crippen LogP) is 3.61. The molecule has 2 aromatic rings. The molecule has 0 aromatic heterocycles. The molecule has 4 nitrogen and oxygen atoms in total. The van der Waals surface area contributed by atoms with Gasteiger partial charge in [0.15, 0.2) is 0 Å². The van der Waals surface area contributed by atoms with Crippen molar-refractivity contribution >= 4 is 23.0 Å². The summed E-state index contributed by atoms with van der Waals surface area (Å²) in [6.45, 7) is 0.469. The topological polar surface area (TPSA) is 50.9 Å². The Morgan fingerprint density at radius 3 is 2.45 bits per heavy atom. The number of methoxy groups -OCH3 is 1. The van der Waals surface area contributed by atoms with E-state index in [4.69, 9.17) is 22.1 Å². The highest BCUT2D eigenvalue weighted by molar-refractivity contribution is 6.30. The van der Waals surface area contributed by atoms with Crippen LogP contribution in [0.1, 0.15) is 18.0 Å². The molecule has 0 saturated heterocycles. The zero-order chi connectivity index (χ0) is 15.5. The van der Waals surface area contributed by atoms with Gasteiger partial charge in [0, 0.05) is 18.0 Å². The Hall–Kier alpha value is -2.04. The third-order valence-corrected chi connectivity index (χ3v) is 4.05. The van der Waals surface area contributed by atoms with Crippen LogP contribution in [0.4, 0.5) is 5.69 Å². The number of benzene rings is 2. The first-order chi connectivity index (χ1) is 10.7. The predicted molar refractivity (Wildman–Crippen MR) is 90.8 cm³/mol. The second-order valence-corrected chi connectivity index (χ2v) is 5.62. The van der Waals surface area contributed by atoms with Crippen LogP contribution in [0.3, 0.4) is 0 Å². The minimum absolute atomic E-state index is 0.144. The van der Waals surface area contributed by atoms with Gasteiger partial charge in [0.1, 0.15) is 5.75 Å². The van der Waals surface area contributed by atoms with E-state index in [9.17, 15) is 0 Å². The Morgan fingerprint density at radius 2 is 1.86 bits per heavy atom. The molecule has 0 bridgehead atoms. The molecule has 2 N–H and O–H groups in total. The molecule has 0 aliphatic carbocycles. The Balaban J connectivity index is 1.93. The van der Waals surface area contributed by atoms with Crippen LogP contribution in [0.25, 0.3) is 0 Å². The molecule has 114 valence electrons. The minimum atomic E-state index is 0.144. The second kappa shape index (κ2) is 6.38. The van der Waals surface area contributed by atoms with E-state index in [0.717, 1.165) is 23.6 Å². The Morgan fingerprint density at radius 1 is 1.18 bits per heavy atom. The summed E-state index contributed by atoms with van der Waals surface area (Å²) in [5.41, 5.74) is 8.97. The van der Waals surface area contributed by atoms with Crippen LogP contribution in [-0.4, -0.2) is 19.4 Å². The first-order valence-electron chi connectivity index (χ1n) is 7.16. The van der Waals surface area contributed by atoms with Crippen molar-refractivity contribution in [2.24, 2.45) is 10.8 Å². The number of hydrazone groups is 1. The first kappa shape index (κ1) is 14.9.